The zero-order valence-corrected chi connectivity index (χ0v) is 14.5. The van der Waals surface area contributed by atoms with Crippen molar-refractivity contribution in [2.24, 2.45) is 0 Å². The third-order valence-corrected chi connectivity index (χ3v) is 4.16. The molecule has 0 aliphatic carbocycles. The van der Waals surface area contributed by atoms with Gasteiger partial charge < -0.3 is 14.2 Å². The number of cyclic esters (lactones) is 1. The summed E-state index contributed by atoms with van der Waals surface area (Å²) in [6, 6.07) is 16.1. The summed E-state index contributed by atoms with van der Waals surface area (Å²) in [7, 11) is 0. The van der Waals surface area contributed by atoms with Gasteiger partial charge in [-0.05, 0) is 31.2 Å². The van der Waals surface area contributed by atoms with Gasteiger partial charge in [-0.3, -0.25) is 0 Å². The second-order valence-electron chi connectivity index (χ2n) is 6.18. The first-order chi connectivity index (χ1) is 12.9. The number of hydrogen-bond donors (Lipinski definition) is 0. The first kappa shape index (κ1) is 18.6. The maximum absolute atomic E-state index is 14.8. The average Bonchev–Trinajstić information content (AvgIpc) is 2.90. The molecule has 0 N–H and O–H groups in total. The monoisotopic (exact) mass is 372 g/mol. The largest absolute Gasteiger partial charge is 0.458 e. The second kappa shape index (κ2) is 7.57. The predicted molar refractivity (Wildman–Crippen MR) is 91.8 cm³/mol. The quantitative estimate of drug-likeness (QED) is 0.593. The SMILES string of the molecule is C[C@@]1(F)C(=O)O[C@@H](COC(=O)c2ccccc2)[C@H]1OC(=O)c1ccccc1. The zero-order valence-electron chi connectivity index (χ0n) is 14.5. The van der Waals surface area contributed by atoms with Crippen LogP contribution >= 0.6 is 0 Å². The molecular formula is C20H17FO6. The summed E-state index contributed by atoms with van der Waals surface area (Å²) in [5.41, 5.74) is -2.05. The Morgan fingerprint density at radius 2 is 1.52 bits per heavy atom. The maximum atomic E-state index is 14.8. The number of carbonyl (C=O) groups excluding carboxylic acids is 3. The van der Waals surface area contributed by atoms with Crippen molar-refractivity contribution in [2.45, 2.75) is 24.8 Å². The molecule has 1 aliphatic rings. The molecule has 6 nitrogen and oxygen atoms in total. The van der Waals surface area contributed by atoms with E-state index in [2.05, 4.69) is 0 Å². The Morgan fingerprint density at radius 3 is 2.07 bits per heavy atom. The molecule has 140 valence electrons. The lowest BCUT2D eigenvalue weighted by molar-refractivity contribution is -0.150. The number of alkyl halides is 1. The predicted octanol–water partition coefficient (Wildman–Crippen LogP) is 2.72. The molecule has 3 rings (SSSR count). The van der Waals surface area contributed by atoms with Gasteiger partial charge in [-0.1, -0.05) is 36.4 Å². The number of rotatable bonds is 5. The topological polar surface area (TPSA) is 78.9 Å². The molecule has 0 saturated carbocycles. The lowest BCUT2D eigenvalue weighted by Crippen LogP contribution is -2.44. The van der Waals surface area contributed by atoms with Crippen molar-refractivity contribution < 1.29 is 33.0 Å². The van der Waals surface area contributed by atoms with Crippen LogP contribution in [0.4, 0.5) is 4.39 Å². The van der Waals surface area contributed by atoms with E-state index in [-0.39, 0.29) is 5.56 Å². The fourth-order valence-electron chi connectivity index (χ4n) is 2.66. The van der Waals surface area contributed by atoms with Gasteiger partial charge in [0.1, 0.15) is 6.61 Å². The van der Waals surface area contributed by atoms with Gasteiger partial charge in [-0.15, -0.1) is 0 Å². The molecule has 0 spiro atoms. The van der Waals surface area contributed by atoms with E-state index in [1.165, 1.54) is 12.1 Å². The number of halogens is 1. The van der Waals surface area contributed by atoms with Crippen molar-refractivity contribution in [2.75, 3.05) is 6.61 Å². The summed E-state index contributed by atoms with van der Waals surface area (Å²) in [5.74, 6) is -2.64. The van der Waals surface area contributed by atoms with E-state index in [1.807, 2.05) is 0 Å². The molecule has 0 bridgehead atoms. The van der Waals surface area contributed by atoms with Crippen LogP contribution in [0.15, 0.2) is 60.7 Å². The minimum Gasteiger partial charge on any atom is -0.458 e. The van der Waals surface area contributed by atoms with Crippen LogP contribution < -0.4 is 0 Å². The summed E-state index contributed by atoms with van der Waals surface area (Å²) in [4.78, 5) is 36.1. The highest BCUT2D eigenvalue weighted by Gasteiger charge is 2.58. The molecule has 0 amide bonds. The summed E-state index contributed by atoms with van der Waals surface area (Å²) in [6.45, 7) is 0.531. The van der Waals surface area contributed by atoms with Crippen LogP contribution in [0.5, 0.6) is 0 Å². The Balaban J connectivity index is 1.70. The van der Waals surface area contributed by atoms with Crippen molar-refractivity contribution in [1.29, 1.82) is 0 Å². The van der Waals surface area contributed by atoms with Gasteiger partial charge in [-0.2, -0.15) is 0 Å². The van der Waals surface area contributed by atoms with Gasteiger partial charge in [0.2, 0.25) is 5.67 Å². The maximum Gasteiger partial charge on any atom is 0.348 e. The lowest BCUT2D eigenvalue weighted by Gasteiger charge is -2.22. The molecule has 0 aromatic heterocycles. The van der Waals surface area contributed by atoms with Crippen molar-refractivity contribution in [1.82, 2.24) is 0 Å². The van der Waals surface area contributed by atoms with Gasteiger partial charge in [0.25, 0.3) is 0 Å². The van der Waals surface area contributed by atoms with Crippen LogP contribution in [0.25, 0.3) is 0 Å². The highest BCUT2D eigenvalue weighted by molar-refractivity contribution is 5.91. The highest BCUT2D eigenvalue weighted by Crippen LogP contribution is 2.33. The Labute approximate surface area is 154 Å². The first-order valence-corrected chi connectivity index (χ1v) is 8.28. The molecule has 1 aliphatic heterocycles. The van der Waals surface area contributed by atoms with Crippen molar-refractivity contribution >= 4 is 17.9 Å². The molecule has 2 aromatic rings. The minimum absolute atomic E-state index is 0.202. The van der Waals surface area contributed by atoms with Crippen LogP contribution in [0.2, 0.25) is 0 Å². The smallest absolute Gasteiger partial charge is 0.348 e. The van der Waals surface area contributed by atoms with E-state index in [4.69, 9.17) is 14.2 Å². The Bertz CT molecular complexity index is 834. The number of benzene rings is 2. The van der Waals surface area contributed by atoms with Gasteiger partial charge >= 0.3 is 17.9 Å². The fraction of sp³-hybridized carbons (Fsp3) is 0.250. The van der Waals surface area contributed by atoms with Crippen molar-refractivity contribution in [3.8, 4) is 0 Å². The number of ether oxygens (including phenoxy) is 3. The summed E-state index contributed by atoms with van der Waals surface area (Å²) in [6.07, 6.45) is -2.78. The highest BCUT2D eigenvalue weighted by atomic mass is 19.1. The van der Waals surface area contributed by atoms with E-state index in [0.29, 0.717) is 5.56 Å². The van der Waals surface area contributed by atoms with Crippen LogP contribution in [-0.4, -0.2) is 42.4 Å². The van der Waals surface area contributed by atoms with E-state index >= 15 is 0 Å². The number of hydrogen-bond acceptors (Lipinski definition) is 6. The van der Waals surface area contributed by atoms with E-state index in [1.54, 1.807) is 48.5 Å². The summed E-state index contributed by atoms with van der Waals surface area (Å²) < 4.78 is 30.0. The second-order valence-corrected chi connectivity index (χ2v) is 6.18. The molecule has 0 unspecified atom stereocenters. The summed E-state index contributed by atoms with van der Waals surface area (Å²) >= 11 is 0. The number of carbonyl (C=O) groups is 3. The Hall–Kier alpha value is -3.22. The molecule has 3 atom stereocenters. The molecule has 2 aromatic carbocycles. The average molecular weight is 372 g/mol. The molecule has 7 heteroatoms. The third kappa shape index (κ3) is 3.97. The van der Waals surface area contributed by atoms with Crippen molar-refractivity contribution in [3.63, 3.8) is 0 Å². The van der Waals surface area contributed by atoms with Gasteiger partial charge in [-0.25, -0.2) is 18.8 Å². The van der Waals surface area contributed by atoms with E-state index < -0.39 is 42.4 Å². The zero-order chi connectivity index (χ0) is 19.4. The Kier molecular flexibility index (Phi) is 5.21. The molecule has 1 heterocycles. The normalized spacial score (nSPS) is 24.1. The Morgan fingerprint density at radius 1 is 1.00 bits per heavy atom. The van der Waals surface area contributed by atoms with Gasteiger partial charge in [0, 0.05) is 0 Å². The van der Waals surface area contributed by atoms with Gasteiger partial charge in [0.05, 0.1) is 11.1 Å². The van der Waals surface area contributed by atoms with Crippen LogP contribution in [-0.2, 0) is 19.0 Å². The lowest BCUT2D eigenvalue weighted by atomic mass is 10.00. The standard InChI is InChI=1S/C20H17FO6/c1-20(21)16(27-18(23)14-10-6-3-7-11-14)15(26-19(20)24)12-25-17(22)13-8-4-2-5-9-13/h2-11,15-16H,12H2,1H3/t15-,16+,20-/m0/s1. The van der Waals surface area contributed by atoms with Crippen LogP contribution in [0.3, 0.4) is 0 Å². The number of esters is 3. The van der Waals surface area contributed by atoms with E-state index in [9.17, 15) is 18.8 Å². The van der Waals surface area contributed by atoms with Gasteiger partial charge in [0.15, 0.2) is 12.2 Å². The molecular weight excluding hydrogens is 355 g/mol. The van der Waals surface area contributed by atoms with Crippen LogP contribution in [0, 0.1) is 0 Å². The van der Waals surface area contributed by atoms with Crippen molar-refractivity contribution in [3.05, 3.63) is 71.8 Å². The molecule has 0 radical (unpaired) electrons. The minimum atomic E-state index is -2.55. The first-order valence-electron chi connectivity index (χ1n) is 8.28. The molecule has 1 saturated heterocycles. The van der Waals surface area contributed by atoms with E-state index in [0.717, 1.165) is 6.92 Å². The molecule has 1 fully saturated rings. The molecule has 27 heavy (non-hydrogen) atoms. The summed E-state index contributed by atoms with van der Waals surface area (Å²) in [5, 5.41) is 0. The third-order valence-electron chi connectivity index (χ3n) is 4.16. The van der Waals surface area contributed by atoms with Crippen LogP contribution in [0.1, 0.15) is 27.6 Å². The fourth-order valence-corrected chi connectivity index (χ4v) is 2.66.